The molecule has 1 N–H and O–H groups in total. The van der Waals surface area contributed by atoms with Gasteiger partial charge in [-0.05, 0) is 49.4 Å². The van der Waals surface area contributed by atoms with E-state index in [0.717, 1.165) is 22.3 Å². The highest BCUT2D eigenvalue weighted by atomic mass is 16.6. The maximum absolute atomic E-state index is 13.6. The largest absolute Gasteiger partial charge is 0.481 e. The molecule has 0 saturated carbocycles. The molecule has 1 saturated heterocycles. The second-order valence-corrected chi connectivity index (χ2v) is 11.9. The molecule has 0 bridgehead atoms. The number of carboxylic acid groups (broad SMARTS) is 1. The van der Waals surface area contributed by atoms with Crippen molar-refractivity contribution in [1.29, 1.82) is 0 Å². The van der Waals surface area contributed by atoms with Crippen LogP contribution in [0.4, 0.5) is 9.59 Å². The van der Waals surface area contributed by atoms with Crippen LogP contribution in [0, 0.1) is 5.41 Å². The molecule has 38 heavy (non-hydrogen) atoms. The molecule has 2 amide bonds. The van der Waals surface area contributed by atoms with Crippen LogP contribution in [0.3, 0.4) is 0 Å². The molecular formula is C30H38N2O6. The van der Waals surface area contributed by atoms with E-state index in [-0.39, 0.29) is 31.5 Å². The molecule has 4 rings (SSSR count). The lowest BCUT2D eigenvalue weighted by atomic mass is 9.86. The second-order valence-electron chi connectivity index (χ2n) is 11.9. The van der Waals surface area contributed by atoms with E-state index in [9.17, 15) is 19.5 Å². The number of carbonyl (C=O) groups is 3. The molecule has 8 heteroatoms. The van der Waals surface area contributed by atoms with E-state index in [1.807, 2.05) is 58.9 Å². The number of carboxylic acids is 1. The molecular weight excluding hydrogens is 484 g/mol. The summed E-state index contributed by atoms with van der Waals surface area (Å²) in [7, 11) is 0. The average Bonchev–Trinajstić information content (AvgIpc) is 3.33. The van der Waals surface area contributed by atoms with Crippen molar-refractivity contribution in [2.45, 2.75) is 65.0 Å². The van der Waals surface area contributed by atoms with Crippen LogP contribution < -0.4 is 0 Å². The predicted octanol–water partition coefficient (Wildman–Crippen LogP) is 5.75. The highest BCUT2D eigenvalue weighted by molar-refractivity contribution is 5.79. The quantitative estimate of drug-likeness (QED) is 0.498. The summed E-state index contributed by atoms with van der Waals surface area (Å²) in [6.45, 7) is 10.6. The minimum atomic E-state index is -0.918. The summed E-state index contributed by atoms with van der Waals surface area (Å²) < 4.78 is 11.5. The van der Waals surface area contributed by atoms with E-state index in [0.29, 0.717) is 19.5 Å². The van der Waals surface area contributed by atoms with Gasteiger partial charge in [0.15, 0.2) is 0 Å². The average molecular weight is 523 g/mol. The van der Waals surface area contributed by atoms with Crippen LogP contribution in [0.15, 0.2) is 48.5 Å². The van der Waals surface area contributed by atoms with Crippen molar-refractivity contribution in [2.24, 2.45) is 5.41 Å². The highest BCUT2D eigenvalue weighted by Crippen LogP contribution is 2.44. The number of amides is 2. The predicted molar refractivity (Wildman–Crippen MR) is 144 cm³/mol. The van der Waals surface area contributed by atoms with E-state index in [4.69, 9.17) is 9.47 Å². The summed E-state index contributed by atoms with van der Waals surface area (Å²) in [4.78, 5) is 40.9. The monoisotopic (exact) mass is 522 g/mol. The van der Waals surface area contributed by atoms with E-state index in [2.05, 4.69) is 24.3 Å². The van der Waals surface area contributed by atoms with E-state index in [1.54, 1.807) is 9.80 Å². The maximum Gasteiger partial charge on any atom is 0.410 e. The summed E-state index contributed by atoms with van der Waals surface area (Å²) in [5.41, 5.74) is 3.46. The first-order valence-electron chi connectivity index (χ1n) is 13.2. The molecule has 1 unspecified atom stereocenters. The van der Waals surface area contributed by atoms with Gasteiger partial charge in [0.25, 0.3) is 0 Å². The molecule has 0 spiro atoms. The van der Waals surface area contributed by atoms with Crippen LogP contribution in [-0.4, -0.2) is 70.9 Å². The van der Waals surface area contributed by atoms with Crippen molar-refractivity contribution in [3.8, 4) is 11.1 Å². The van der Waals surface area contributed by atoms with E-state index >= 15 is 0 Å². The fraction of sp³-hybridized carbons (Fsp3) is 0.500. The van der Waals surface area contributed by atoms with Gasteiger partial charge in [0.1, 0.15) is 12.2 Å². The number of benzene rings is 2. The van der Waals surface area contributed by atoms with Gasteiger partial charge in [-0.3, -0.25) is 4.79 Å². The minimum absolute atomic E-state index is 0.0594. The molecule has 2 aromatic rings. The third-order valence-electron chi connectivity index (χ3n) is 7.28. The van der Waals surface area contributed by atoms with Gasteiger partial charge < -0.3 is 24.4 Å². The van der Waals surface area contributed by atoms with Gasteiger partial charge in [0.2, 0.25) is 0 Å². The van der Waals surface area contributed by atoms with Crippen molar-refractivity contribution >= 4 is 18.2 Å². The molecule has 1 aliphatic carbocycles. The van der Waals surface area contributed by atoms with Crippen LogP contribution in [0.5, 0.6) is 0 Å². The lowest BCUT2D eigenvalue weighted by molar-refractivity contribution is -0.137. The van der Waals surface area contributed by atoms with Crippen molar-refractivity contribution in [1.82, 2.24) is 9.80 Å². The number of carbonyl (C=O) groups excluding carboxylic acids is 2. The Morgan fingerprint density at radius 1 is 1.03 bits per heavy atom. The molecule has 204 valence electrons. The first-order chi connectivity index (χ1) is 17.9. The highest BCUT2D eigenvalue weighted by Gasteiger charge is 2.47. The topological polar surface area (TPSA) is 96.4 Å². The number of nitrogens with zero attached hydrogens (tertiary/aromatic N) is 2. The van der Waals surface area contributed by atoms with Crippen molar-refractivity contribution in [3.05, 3.63) is 59.7 Å². The van der Waals surface area contributed by atoms with E-state index < -0.39 is 29.2 Å². The van der Waals surface area contributed by atoms with Gasteiger partial charge in [0.05, 0.1) is 6.04 Å². The van der Waals surface area contributed by atoms with Crippen molar-refractivity contribution in [3.63, 3.8) is 0 Å². The van der Waals surface area contributed by atoms with Gasteiger partial charge in [-0.25, -0.2) is 9.59 Å². The second kappa shape index (κ2) is 10.7. The SMILES string of the molecule is CC(C)(C)OC(=O)N1CC(N(CCCC(=O)O)C(=O)OCC2c3ccccc3-c3ccccc32)C(C)(C)C1. The van der Waals surface area contributed by atoms with Crippen LogP contribution >= 0.6 is 0 Å². The molecule has 1 atom stereocenters. The molecule has 1 heterocycles. The summed E-state index contributed by atoms with van der Waals surface area (Å²) in [5.74, 6) is -0.999. The van der Waals surface area contributed by atoms with Crippen molar-refractivity contribution in [2.75, 3.05) is 26.2 Å². The van der Waals surface area contributed by atoms with E-state index in [1.165, 1.54) is 0 Å². The fourth-order valence-corrected chi connectivity index (χ4v) is 5.56. The standard InChI is InChI=1S/C30H38N2O6/c1-29(2,3)38-27(35)31-17-25(30(4,5)19-31)32(16-10-15-26(33)34)28(36)37-18-24-22-13-8-6-11-20(22)21-12-7-9-14-23(21)24/h6-9,11-14,24-25H,10,15-19H2,1-5H3,(H,33,34). The molecule has 2 aromatic carbocycles. The van der Waals surface area contributed by atoms with Crippen LogP contribution in [0.1, 0.15) is 64.5 Å². The zero-order valence-electron chi connectivity index (χ0n) is 22.9. The molecule has 0 radical (unpaired) electrons. The van der Waals surface area contributed by atoms with Gasteiger partial charge >= 0.3 is 18.2 Å². The summed E-state index contributed by atoms with van der Waals surface area (Å²) in [5, 5.41) is 9.18. The van der Waals surface area contributed by atoms with Gasteiger partial charge in [-0.1, -0.05) is 62.4 Å². The number of ether oxygens (including phenoxy) is 2. The first kappa shape index (κ1) is 27.5. The Morgan fingerprint density at radius 2 is 1.61 bits per heavy atom. The number of fused-ring (bicyclic) bond motifs is 3. The number of hydrogen-bond donors (Lipinski definition) is 1. The third kappa shape index (κ3) is 5.95. The Morgan fingerprint density at radius 3 is 2.16 bits per heavy atom. The molecule has 2 aliphatic rings. The summed E-state index contributed by atoms with van der Waals surface area (Å²) in [6.07, 6.45) is -0.693. The van der Waals surface area contributed by atoms with Crippen molar-refractivity contribution < 1.29 is 29.0 Å². The molecule has 1 fully saturated rings. The van der Waals surface area contributed by atoms with Gasteiger partial charge in [0, 0.05) is 37.4 Å². The Hall–Kier alpha value is -3.55. The Balaban J connectivity index is 1.52. The molecule has 1 aliphatic heterocycles. The third-order valence-corrected chi connectivity index (χ3v) is 7.28. The summed E-state index contributed by atoms with van der Waals surface area (Å²) in [6, 6.07) is 15.9. The van der Waals surface area contributed by atoms with Gasteiger partial charge in [-0.15, -0.1) is 0 Å². The zero-order valence-corrected chi connectivity index (χ0v) is 22.9. The Bertz CT molecular complexity index is 1160. The summed E-state index contributed by atoms with van der Waals surface area (Å²) >= 11 is 0. The Kier molecular flexibility index (Phi) is 7.72. The zero-order chi connectivity index (χ0) is 27.7. The number of hydrogen-bond acceptors (Lipinski definition) is 5. The fourth-order valence-electron chi connectivity index (χ4n) is 5.56. The minimum Gasteiger partial charge on any atom is -0.481 e. The number of likely N-dealkylation sites (tertiary alicyclic amines) is 1. The molecule has 0 aromatic heterocycles. The lowest BCUT2D eigenvalue weighted by Gasteiger charge is -2.35. The van der Waals surface area contributed by atoms with Crippen LogP contribution in [-0.2, 0) is 14.3 Å². The van der Waals surface area contributed by atoms with Crippen LogP contribution in [0.2, 0.25) is 0 Å². The van der Waals surface area contributed by atoms with Crippen LogP contribution in [0.25, 0.3) is 11.1 Å². The lowest BCUT2D eigenvalue weighted by Crippen LogP contribution is -2.49. The maximum atomic E-state index is 13.6. The smallest absolute Gasteiger partial charge is 0.410 e. The number of aliphatic carboxylic acids is 1. The Labute approximate surface area is 224 Å². The number of rotatable bonds is 7. The normalized spacial score (nSPS) is 18.0. The first-order valence-corrected chi connectivity index (χ1v) is 13.2. The van der Waals surface area contributed by atoms with Gasteiger partial charge in [-0.2, -0.15) is 0 Å². The molecule has 8 nitrogen and oxygen atoms in total.